The minimum absolute atomic E-state index is 0.268. The van der Waals surface area contributed by atoms with Crippen molar-refractivity contribution in [2.24, 2.45) is 5.73 Å². The number of fused-ring (bicyclic) bond motifs is 1. The molecule has 98 valence electrons. The Labute approximate surface area is 110 Å². The minimum Gasteiger partial charge on any atom is -0.375 e. The van der Waals surface area contributed by atoms with Crippen LogP contribution in [0.4, 0.5) is 5.82 Å². The lowest BCUT2D eigenvalue weighted by Gasteiger charge is -2.32. The van der Waals surface area contributed by atoms with Crippen LogP contribution < -0.4 is 10.6 Å². The van der Waals surface area contributed by atoms with Crippen LogP contribution in [0.2, 0.25) is 0 Å². The Hall–Kier alpha value is -1.11. The molecule has 1 saturated heterocycles. The molecule has 0 aliphatic carbocycles. The molecular weight excluding hydrogens is 248 g/mol. The first-order chi connectivity index (χ1) is 8.79. The molecule has 3 heterocycles. The van der Waals surface area contributed by atoms with Gasteiger partial charge >= 0.3 is 0 Å². The van der Waals surface area contributed by atoms with Crippen LogP contribution in [-0.2, 0) is 11.2 Å². The summed E-state index contributed by atoms with van der Waals surface area (Å²) in [4.78, 5) is 8.11. The smallest absolute Gasteiger partial charge is 0.195 e. The number of imidazole rings is 1. The maximum atomic E-state index is 5.72. The van der Waals surface area contributed by atoms with Crippen LogP contribution in [0.5, 0.6) is 0 Å². The summed E-state index contributed by atoms with van der Waals surface area (Å²) < 4.78 is 7.75. The van der Waals surface area contributed by atoms with Gasteiger partial charge in [0.15, 0.2) is 10.8 Å². The predicted molar refractivity (Wildman–Crippen MR) is 73.5 cm³/mol. The highest BCUT2D eigenvalue weighted by Gasteiger charge is 2.23. The van der Waals surface area contributed by atoms with Gasteiger partial charge in [-0.2, -0.15) is 0 Å². The van der Waals surface area contributed by atoms with Crippen molar-refractivity contribution < 1.29 is 4.74 Å². The minimum atomic E-state index is 0.268. The van der Waals surface area contributed by atoms with E-state index < -0.39 is 0 Å². The van der Waals surface area contributed by atoms with Gasteiger partial charge in [0.25, 0.3) is 0 Å². The first kappa shape index (κ1) is 12.0. The van der Waals surface area contributed by atoms with Gasteiger partial charge in [-0.3, -0.25) is 4.40 Å². The third-order valence-electron chi connectivity index (χ3n) is 3.26. The van der Waals surface area contributed by atoms with Crippen LogP contribution in [0, 0.1) is 0 Å². The van der Waals surface area contributed by atoms with E-state index in [1.807, 2.05) is 0 Å². The lowest BCUT2D eigenvalue weighted by Crippen LogP contribution is -2.41. The van der Waals surface area contributed by atoms with Crippen molar-refractivity contribution in [3.8, 4) is 0 Å². The highest BCUT2D eigenvalue weighted by atomic mass is 32.1. The van der Waals surface area contributed by atoms with Gasteiger partial charge in [0.05, 0.1) is 18.4 Å². The maximum Gasteiger partial charge on any atom is 0.195 e. The lowest BCUT2D eigenvalue weighted by atomic mass is 10.2. The summed E-state index contributed by atoms with van der Waals surface area (Å²) >= 11 is 1.67. The summed E-state index contributed by atoms with van der Waals surface area (Å²) in [5.74, 6) is 1.09. The zero-order valence-corrected chi connectivity index (χ0v) is 11.3. The van der Waals surface area contributed by atoms with Crippen molar-refractivity contribution in [2.45, 2.75) is 19.4 Å². The average Bonchev–Trinajstić information content (AvgIpc) is 2.92. The van der Waals surface area contributed by atoms with E-state index >= 15 is 0 Å². The third-order valence-corrected chi connectivity index (χ3v) is 4.02. The number of thiazole rings is 1. The maximum absolute atomic E-state index is 5.72. The first-order valence-corrected chi connectivity index (χ1v) is 7.18. The van der Waals surface area contributed by atoms with Gasteiger partial charge in [0.1, 0.15) is 0 Å². The van der Waals surface area contributed by atoms with Crippen LogP contribution in [0.1, 0.15) is 12.6 Å². The van der Waals surface area contributed by atoms with Gasteiger partial charge in [-0.05, 0) is 13.5 Å². The number of ether oxygens (including phenoxy) is 1. The second-order valence-electron chi connectivity index (χ2n) is 4.60. The highest BCUT2D eigenvalue weighted by Crippen LogP contribution is 2.26. The molecule has 2 aromatic rings. The molecule has 0 aromatic carbocycles. The number of hydrogen-bond donors (Lipinski definition) is 1. The molecular formula is C12H18N4OS. The fourth-order valence-electron chi connectivity index (χ4n) is 2.45. The van der Waals surface area contributed by atoms with E-state index in [1.54, 1.807) is 11.3 Å². The second-order valence-corrected chi connectivity index (χ2v) is 5.48. The molecule has 1 unspecified atom stereocenters. The van der Waals surface area contributed by atoms with Gasteiger partial charge in [0, 0.05) is 31.1 Å². The van der Waals surface area contributed by atoms with E-state index in [2.05, 4.69) is 27.8 Å². The van der Waals surface area contributed by atoms with Gasteiger partial charge in [-0.25, -0.2) is 4.98 Å². The summed E-state index contributed by atoms with van der Waals surface area (Å²) in [5.41, 5.74) is 6.95. The standard InChI is InChI=1S/C12H18N4OS/c1-9-8-15(4-6-17-9)11-10(2-3-13)16-5-7-18-12(16)14-11/h5,7,9H,2-4,6,8,13H2,1H3. The fraction of sp³-hybridized carbons (Fsp3) is 0.583. The van der Waals surface area contributed by atoms with Crippen LogP contribution in [0.3, 0.4) is 0 Å². The molecule has 2 N–H and O–H groups in total. The zero-order chi connectivity index (χ0) is 12.5. The van der Waals surface area contributed by atoms with E-state index in [0.29, 0.717) is 6.54 Å². The largest absolute Gasteiger partial charge is 0.375 e. The summed E-state index contributed by atoms with van der Waals surface area (Å²) in [5, 5.41) is 2.06. The van der Waals surface area contributed by atoms with Crippen molar-refractivity contribution in [1.82, 2.24) is 9.38 Å². The number of morpholine rings is 1. The van der Waals surface area contributed by atoms with Gasteiger partial charge < -0.3 is 15.4 Å². The van der Waals surface area contributed by atoms with Crippen molar-refractivity contribution in [3.63, 3.8) is 0 Å². The molecule has 0 saturated carbocycles. The van der Waals surface area contributed by atoms with Crippen molar-refractivity contribution in [1.29, 1.82) is 0 Å². The lowest BCUT2D eigenvalue weighted by molar-refractivity contribution is 0.0529. The molecule has 18 heavy (non-hydrogen) atoms. The Morgan fingerprint density at radius 1 is 1.61 bits per heavy atom. The predicted octanol–water partition coefficient (Wildman–Crippen LogP) is 1.12. The number of nitrogens with zero attached hydrogens (tertiary/aromatic N) is 3. The molecule has 1 fully saturated rings. The number of rotatable bonds is 3. The fourth-order valence-corrected chi connectivity index (χ4v) is 3.18. The van der Waals surface area contributed by atoms with Gasteiger partial charge in [-0.1, -0.05) is 0 Å². The Balaban J connectivity index is 1.98. The zero-order valence-electron chi connectivity index (χ0n) is 10.5. The number of nitrogens with two attached hydrogens (primary N) is 1. The van der Waals surface area contributed by atoms with Crippen LogP contribution in [0.25, 0.3) is 4.96 Å². The summed E-state index contributed by atoms with van der Waals surface area (Å²) in [7, 11) is 0. The number of aromatic nitrogens is 2. The van der Waals surface area contributed by atoms with E-state index in [1.165, 1.54) is 5.69 Å². The quantitative estimate of drug-likeness (QED) is 0.904. The Morgan fingerprint density at radius 3 is 3.28 bits per heavy atom. The molecule has 0 radical (unpaired) electrons. The topological polar surface area (TPSA) is 55.8 Å². The molecule has 1 atom stereocenters. The van der Waals surface area contributed by atoms with Gasteiger partial charge in [-0.15, -0.1) is 11.3 Å². The van der Waals surface area contributed by atoms with Crippen molar-refractivity contribution >= 4 is 22.1 Å². The monoisotopic (exact) mass is 266 g/mol. The number of hydrogen-bond acceptors (Lipinski definition) is 5. The normalized spacial score (nSPS) is 20.8. The van der Waals surface area contributed by atoms with Crippen molar-refractivity contribution in [3.05, 3.63) is 17.3 Å². The Kier molecular flexibility index (Phi) is 3.23. The molecule has 0 spiro atoms. The third kappa shape index (κ3) is 2.00. The van der Waals surface area contributed by atoms with Crippen molar-refractivity contribution in [2.75, 3.05) is 31.1 Å². The van der Waals surface area contributed by atoms with Gasteiger partial charge in [0.2, 0.25) is 0 Å². The van der Waals surface area contributed by atoms with E-state index in [9.17, 15) is 0 Å². The van der Waals surface area contributed by atoms with E-state index in [-0.39, 0.29) is 6.10 Å². The Morgan fingerprint density at radius 2 is 2.50 bits per heavy atom. The SMILES string of the molecule is CC1CN(c2nc3sccn3c2CCN)CCO1. The average molecular weight is 266 g/mol. The second kappa shape index (κ2) is 4.87. The summed E-state index contributed by atoms with van der Waals surface area (Å²) in [6.07, 6.45) is 3.20. The molecule has 2 aromatic heterocycles. The van der Waals surface area contributed by atoms with Crippen LogP contribution >= 0.6 is 11.3 Å². The molecule has 0 amide bonds. The first-order valence-electron chi connectivity index (χ1n) is 6.30. The highest BCUT2D eigenvalue weighted by molar-refractivity contribution is 7.15. The molecule has 3 rings (SSSR count). The molecule has 5 nitrogen and oxygen atoms in total. The summed E-state index contributed by atoms with van der Waals surface area (Å²) in [6, 6.07) is 0. The Bertz CT molecular complexity index is 535. The molecule has 0 bridgehead atoms. The molecule has 6 heteroatoms. The summed E-state index contributed by atoms with van der Waals surface area (Å²) in [6.45, 7) is 5.34. The van der Waals surface area contributed by atoms with E-state index in [0.717, 1.165) is 36.9 Å². The molecule has 1 aliphatic heterocycles. The van der Waals surface area contributed by atoms with Crippen LogP contribution in [-0.4, -0.2) is 41.7 Å². The van der Waals surface area contributed by atoms with Crippen LogP contribution in [0.15, 0.2) is 11.6 Å². The molecule has 1 aliphatic rings. The number of anilines is 1. The van der Waals surface area contributed by atoms with E-state index in [4.69, 9.17) is 15.5 Å².